The van der Waals surface area contributed by atoms with E-state index in [1.165, 1.54) is 0 Å². The van der Waals surface area contributed by atoms with Crippen molar-refractivity contribution in [1.29, 1.82) is 0 Å². The van der Waals surface area contributed by atoms with Crippen molar-refractivity contribution in [1.82, 2.24) is 9.62 Å². The molecule has 1 saturated heterocycles. The van der Waals surface area contributed by atoms with Gasteiger partial charge < -0.3 is 5.32 Å². The lowest BCUT2D eigenvalue weighted by atomic mass is 10.1. The Morgan fingerprint density at radius 1 is 1.33 bits per heavy atom. The summed E-state index contributed by atoms with van der Waals surface area (Å²) in [6.45, 7) is 10.2. The maximum Gasteiger partial charge on any atom is 0.243 e. The van der Waals surface area contributed by atoms with E-state index >= 15 is 0 Å². The van der Waals surface area contributed by atoms with Gasteiger partial charge in [0, 0.05) is 19.1 Å². The SMILES string of the molecule is CCNCc1ccc(C)c(S(=O)(=O)N2CC(C)CC2C)c1. The molecule has 1 aromatic carbocycles. The summed E-state index contributed by atoms with van der Waals surface area (Å²) < 4.78 is 27.5. The zero-order valence-electron chi connectivity index (χ0n) is 13.4. The van der Waals surface area contributed by atoms with Gasteiger partial charge in [-0.25, -0.2) is 8.42 Å². The van der Waals surface area contributed by atoms with Crippen molar-refractivity contribution in [2.45, 2.75) is 51.6 Å². The van der Waals surface area contributed by atoms with E-state index in [9.17, 15) is 8.42 Å². The highest BCUT2D eigenvalue weighted by molar-refractivity contribution is 7.89. The highest BCUT2D eigenvalue weighted by atomic mass is 32.2. The van der Waals surface area contributed by atoms with E-state index in [-0.39, 0.29) is 6.04 Å². The third kappa shape index (κ3) is 3.47. The minimum atomic E-state index is -3.39. The van der Waals surface area contributed by atoms with Crippen molar-refractivity contribution in [2.75, 3.05) is 13.1 Å². The lowest BCUT2D eigenvalue weighted by molar-refractivity contribution is 0.405. The molecule has 4 nitrogen and oxygen atoms in total. The molecule has 1 N–H and O–H groups in total. The van der Waals surface area contributed by atoms with Gasteiger partial charge in [-0.3, -0.25) is 0 Å². The molecule has 0 aliphatic carbocycles. The average molecular weight is 310 g/mol. The van der Waals surface area contributed by atoms with Crippen molar-refractivity contribution in [3.05, 3.63) is 29.3 Å². The molecule has 1 heterocycles. The maximum atomic E-state index is 12.9. The fourth-order valence-electron chi connectivity index (χ4n) is 3.02. The first kappa shape index (κ1) is 16.5. The highest BCUT2D eigenvalue weighted by Gasteiger charge is 2.36. The number of nitrogens with one attached hydrogen (secondary N) is 1. The molecule has 21 heavy (non-hydrogen) atoms. The molecule has 5 heteroatoms. The Bertz CT molecular complexity index is 598. The fraction of sp³-hybridized carbons (Fsp3) is 0.625. The second kappa shape index (κ2) is 6.46. The zero-order valence-corrected chi connectivity index (χ0v) is 14.2. The molecule has 2 atom stereocenters. The summed E-state index contributed by atoms with van der Waals surface area (Å²) in [6, 6.07) is 5.81. The van der Waals surface area contributed by atoms with Gasteiger partial charge in [0.05, 0.1) is 4.90 Å². The molecule has 0 spiro atoms. The molecule has 0 radical (unpaired) electrons. The normalized spacial score (nSPS) is 23.6. The molecule has 2 unspecified atom stereocenters. The highest BCUT2D eigenvalue weighted by Crippen LogP contribution is 2.30. The van der Waals surface area contributed by atoms with Gasteiger partial charge in [0.2, 0.25) is 10.0 Å². The van der Waals surface area contributed by atoms with Crippen LogP contribution in [0.5, 0.6) is 0 Å². The second-order valence-corrected chi connectivity index (χ2v) is 8.00. The molecular weight excluding hydrogens is 284 g/mol. The largest absolute Gasteiger partial charge is 0.313 e. The second-order valence-electron chi connectivity index (χ2n) is 6.14. The lowest BCUT2D eigenvalue weighted by Crippen LogP contribution is -2.34. The molecule has 2 rings (SSSR count). The number of benzene rings is 1. The van der Waals surface area contributed by atoms with Crippen molar-refractivity contribution in [3.8, 4) is 0 Å². The summed E-state index contributed by atoms with van der Waals surface area (Å²) in [5.74, 6) is 0.431. The van der Waals surface area contributed by atoms with Gasteiger partial charge in [-0.1, -0.05) is 26.0 Å². The molecule has 0 aromatic heterocycles. The molecule has 1 aliphatic rings. The van der Waals surface area contributed by atoms with E-state index in [4.69, 9.17) is 0 Å². The third-order valence-electron chi connectivity index (χ3n) is 4.15. The van der Waals surface area contributed by atoms with Crippen molar-refractivity contribution in [3.63, 3.8) is 0 Å². The Morgan fingerprint density at radius 3 is 2.62 bits per heavy atom. The summed E-state index contributed by atoms with van der Waals surface area (Å²) in [5, 5.41) is 3.24. The summed E-state index contributed by atoms with van der Waals surface area (Å²) in [4.78, 5) is 0.457. The summed E-state index contributed by atoms with van der Waals surface area (Å²) >= 11 is 0. The molecule has 0 amide bonds. The zero-order chi connectivity index (χ0) is 15.6. The standard InChI is InChI=1S/C16H26N2O2S/c1-5-17-10-15-7-6-13(3)16(9-15)21(19,20)18-11-12(2)8-14(18)4/h6-7,9,12,14,17H,5,8,10-11H2,1-4H3. The number of hydrogen-bond acceptors (Lipinski definition) is 3. The monoisotopic (exact) mass is 310 g/mol. The molecule has 1 aliphatic heterocycles. The Morgan fingerprint density at radius 2 is 2.05 bits per heavy atom. The minimum Gasteiger partial charge on any atom is -0.313 e. The Hall–Kier alpha value is -0.910. The van der Waals surface area contributed by atoms with Gasteiger partial charge in [0.25, 0.3) is 0 Å². The maximum absolute atomic E-state index is 12.9. The summed E-state index contributed by atoms with van der Waals surface area (Å²) in [5.41, 5.74) is 1.84. The van der Waals surface area contributed by atoms with Crippen LogP contribution in [0.15, 0.2) is 23.1 Å². The Balaban J connectivity index is 2.35. The molecule has 0 saturated carbocycles. The van der Waals surface area contributed by atoms with Crippen molar-refractivity contribution >= 4 is 10.0 Å². The van der Waals surface area contributed by atoms with E-state index in [0.717, 1.165) is 24.1 Å². The van der Waals surface area contributed by atoms with Crippen LogP contribution in [0.1, 0.15) is 38.3 Å². The molecular formula is C16H26N2O2S. The van der Waals surface area contributed by atoms with Crippen LogP contribution in [0.4, 0.5) is 0 Å². The first-order valence-corrected chi connectivity index (χ1v) is 9.12. The van der Waals surface area contributed by atoms with Crippen LogP contribution in [-0.4, -0.2) is 31.9 Å². The van der Waals surface area contributed by atoms with Gasteiger partial charge in [-0.2, -0.15) is 4.31 Å². The molecule has 118 valence electrons. The number of hydrogen-bond donors (Lipinski definition) is 1. The fourth-order valence-corrected chi connectivity index (χ4v) is 5.06. The third-order valence-corrected chi connectivity index (χ3v) is 6.27. The van der Waals surface area contributed by atoms with Gasteiger partial charge in [-0.15, -0.1) is 0 Å². The van der Waals surface area contributed by atoms with Crippen LogP contribution in [0.2, 0.25) is 0 Å². The first-order chi connectivity index (χ1) is 9.86. The molecule has 1 aromatic rings. The van der Waals surface area contributed by atoms with Crippen LogP contribution < -0.4 is 5.32 Å². The lowest BCUT2D eigenvalue weighted by Gasteiger charge is -2.22. The van der Waals surface area contributed by atoms with E-state index in [1.54, 1.807) is 4.31 Å². The molecule has 0 bridgehead atoms. The number of rotatable bonds is 5. The van der Waals surface area contributed by atoms with E-state index in [2.05, 4.69) is 12.2 Å². The quantitative estimate of drug-likeness (QED) is 0.909. The number of nitrogens with zero attached hydrogens (tertiary/aromatic N) is 1. The first-order valence-electron chi connectivity index (χ1n) is 7.68. The van der Waals surface area contributed by atoms with Crippen LogP contribution in [0.3, 0.4) is 0 Å². The summed E-state index contributed by atoms with van der Waals surface area (Å²) in [7, 11) is -3.39. The molecule has 1 fully saturated rings. The smallest absolute Gasteiger partial charge is 0.243 e. The van der Waals surface area contributed by atoms with E-state index in [1.807, 2.05) is 39.0 Å². The van der Waals surface area contributed by atoms with Crippen LogP contribution in [-0.2, 0) is 16.6 Å². The van der Waals surface area contributed by atoms with Crippen molar-refractivity contribution < 1.29 is 8.42 Å². The van der Waals surface area contributed by atoms with E-state index in [0.29, 0.717) is 23.9 Å². The Kier molecular flexibility index (Phi) is 5.07. The Labute approximate surface area is 128 Å². The predicted octanol–water partition coefficient (Wildman–Crippen LogP) is 2.52. The van der Waals surface area contributed by atoms with Crippen LogP contribution in [0.25, 0.3) is 0 Å². The van der Waals surface area contributed by atoms with Crippen molar-refractivity contribution in [2.24, 2.45) is 5.92 Å². The van der Waals surface area contributed by atoms with Crippen LogP contribution >= 0.6 is 0 Å². The van der Waals surface area contributed by atoms with Gasteiger partial charge >= 0.3 is 0 Å². The van der Waals surface area contributed by atoms with E-state index < -0.39 is 10.0 Å². The van der Waals surface area contributed by atoms with Crippen LogP contribution in [0, 0.1) is 12.8 Å². The van der Waals surface area contributed by atoms with Gasteiger partial charge in [0.1, 0.15) is 0 Å². The minimum absolute atomic E-state index is 0.0850. The van der Waals surface area contributed by atoms with Gasteiger partial charge in [0.15, 0.2) is 0 Å². The summed E-state index contributed by atoms with van der Waals surface area (Å²) in [6.07, 6.45) is 0.940. The number of aryl methyl sites for hydroxylation is 1. The number of sulfonamides is 1. The van der Waals surface area contributed by atoms with Gasteiger partial charge in [-0.05, 0) is 49.9 Å². The topological polar surface area (TPSA) is 49.4 Å². The predicted molar refractivity (Wildman–Crippen MR) is 85.7 cm³/mol. The average Bonchev–Trinajstić information content (AvgIpc) is 2.77.